The number of methoxy groups -OCH3 is 5. The molecule has 46 heavy (non-hydrogen) atoms. The van der Waals surface area contributed by atoms with Gasteiger partial charge in [-0.1, -0.05) is 6.07 Å². The molecule has 5 unspecified atom stereocenters. The Morgan fingerprint density at radius 2 is 1.59 bits per heavy atom. The topological polar surface area (TPSA) is 119 Å². The molecule has 3 aromatic rings. The van der Waals surface area contributed by atoms with Crippen LogP contribution in [0.3, 0.4) is 0 Å². The maximum atomic E-state index is 13.7. The van der Waals surface area contributed by atoms with E-state index < -0.39 is 36.5 Å². The summed E-state index contributed by atoms with van der Waals surface area (Å²) in [4.78, 5) is 13.7. The summed E-state index contributed by atoms with van der Waals surface area (Å²) in [6, 6.07) is 9.23. The standard InChI is InChI=1S/C34H40O12/c1-17(35)27-21(14-36-4)29(44-33-32(40-8)31-30(26(43-33)15-37-5)45-34(2,3)46-31)20-13-24(39-7)23(38-6)12-19(20)28(27)18-9-10-22-25(11-18)42-16-41-22/h9-13,26,30-33H,14-16H2,1-8H3. The summed E-state index contributed by atoms with van der Waals surface area (Å²) in [7, 11) is 7.84. The second-order valence-electron chi connectivity index (χ2n) is 11.7. The fraction of sp³-hybridized carbons (Fsp3) is 0.500. The molecule has 0 N–H and O–H groups in total. The van der Waals surface area contributed by atoms with Gasteiger partial charge in [0.15, 0.2) is 34.6 Å². The number of ether oxygens (including phenoxy) is 11. The van der Waals surface area contributed by atoms with E-state index in [1.807, 2.05) is 44.2 Å². The number of hydrogen-bond donors (Lipinski definition) is 0. The number of Topliss-reactive ketones (excluding diaryl/α,β-unsaturated/α-hetero) is 1. The smallest absolute Gasteiger partial charge is 0.231 e. The van der Waals surface area contributed by atoms with Crippen molar-refractivity contribution in [2.45, 2.75) is 63.9 Å². The van der Waals surface area contributed by atoms with Gasteiger partial charge >= 0.3 is 0 Å². The summed E-state index contributed by atoms with van der Waals surface area (Å²) < 4.78 is 65.7. The Balaban J connectivity index is 1.59. The lowest BCUT2D eigenvalue weighted by Gasteiger charge is -2.41. The predicted molar refractivity (Wildman–Crippen MR) is 165 cm³/mol. The van der Waals surface area contributed by atoms with Crippen LogP contribution in [0.2, 0.25) is 0 Å². The highest BCUT2D eigenvalue weighted by Gasteiger charge is 2.56. The van der Waals surface area contributed by atoms with Crippen molar-refractivity contribution < 1.29 is 56.9 Å². The molecule has 2 fully saturated rings. The van der Waals surface area contributed by atoms with Crippen LogP contribution in [0, 0.1) is 0 Å². The number of ketones is 1. The Morgan fingerprint density at radius 1 is 0.891 bits per heavy atom. The van der Waals surface area contributed by atoms with Gasteiger partial charge in [0.1, 0.15) is 30.2 Å². The molecule has 0 aromatic heterocycles. The van der Waals surface area contributed by atoms with Gasteiger partial charge in [0.2, 0.25) is 13.1 Å². The van der Waals surface area contributed by atoms with Crippen molar-refractivity contribution in [3.8, 4) is 39.9 Å². The summed E-state index contributed by atoms with van der Waals surface area (Å²) in [6.07, 6.45) is -3.18. The molecule has 0 saturated carbocycles. The molecule has 0 spiro atoms. The summed E-state index contributed by atoms with van der Waals surface area (Å²) in [5.41, 5.74) is 2.32. The molecular formula is C34H40O12. The van der Waals surface area contributed by atoms with E-state index >= 15 is 0 Å². The van der Waals surface area contributed by atoms with E-state index in [1.165, 1.54) is 6.92 Å². The molecule has 0 aliphatic carbocycles. The quantitative estimate of drug-likeness (QED) is 0.266. The average Bonchev–Trinajstić information content (AvgIpc) is 3.64. The number of benzene rings is 3. The zero-order valence-electron chi connectivity index (χ0n) is 27.3. The Bertz CT molecular complexity index is 1620. The van der Waals surface area contributed by atoms with Gasteiger partial charge in [-0.3, -0.25) is 4.79 Å². The lowest BCUT2D eigenvalue weighted by atomic mass is 9.86. The van der Waals surface area contributed by atoms with Gasteiger partial charge in [0.05, 0.1) is 27.4 Å². The van der Waals surface area contributed by atoms with E-state index in [4.69, 9.17) is 52.1 Å². The maximum Gasteiger partial charge on any atom is 0.231 e. The van der Waals surface area contributed by atoms with Crippen LogP contribution in [-0.4, -0.2) is 91.2 Å². The zero-order chi connectivity index (χ0) is 32.7. The van der Waals surface area contributed by atoms with Crippen molar-refractivity contribution in [2.75, 3.05) is 48.9 Å². The van der Waals surface area contributed by atoms with Crippen LogP contribution in [-0.2, 0) is 35.0 Å². The van der Waals surface area contributed by atoms with Gasteiger partial charge in [-0.05, 0) is 56.0 Å². The molecule has 0 amide bonds. The van der Waals surface area contributed by atoms with E-state index in [0.717, 1.165) is 5.56 Å². The minimum Gasteiger partial charge on any atom is -0.493 e. The number of rotatable bonds is 11. The van der Waals surface area contributed by atoms with Gasteiger partial charge in [0, 0.05) is 43.4 Å². The SMILES string of the molecule is COCc1c(C(C)=O)c(-c2ccc3c(c2)OCO3)c2cc(OC)c(OC)cc2c1OC1OC(COC)C2OC(C)(C)OC2C1OC. The maximum absolute atomic E-state index is 13.7. The molecule has 0 bridgehead atoms. The van der Waals surface area contributed by atoms with Crippen LogP contribution in [0.25, 0.3) is 21.9 Å². The van der Waals surface area contributed by atoms with E-state index in [-0.39, 0.29) is 25.8 Å². The number of hydrogen-bond acceptors (Lipinski definition) is 12. The van der Waals surface area contributed by atoms with E-state index in [0.29, 0.717) is 56.2 Å². The van der Waals surface area contributed by atoms with E-state index in [2.05, 4.69) is 0 Å². The zero-order valence-corrected chi connectivity index (χ0v) is 27.3. The Kier molecular flexibility index (Phi) is 9.03. The summed E-state index contributed by atoms with van der Waals surface area (Å²) in [6.45, 7) is 5.60. The molecule has 3 aliphatic rings. The molecule has 6 rings (SSSR count). The first-order chi connectivity index (χ1) is 22.1. The minimum atomic E-state index is -0.980. The first-order valence-electron chi connectivity index (χ1n) is 15.0. The van der Waals surface area contributed by atoms with Gasteiger partial charge in [-0.25, -0.2) is 0 Å². The molecular weight excluding hydrogens is 600 g/mol. The molecule has 12 heteroatoms. The monoisotopic (exact) mass is 640 g/mol. The van der Waals surface area contributed by atoms with Gasteiger partial charge in [0.25, 0.3) is 0 Å². The summed E-state index contributed by atoms with van der Waals surface area (Å²) in [5.74, 6) is 1.44. The van der Waals surface area contributed by atoms with Gasteiger partial charge in [-0.15, -0.1) is 0 Å². The first-order valence-corrected chi connectivity index (χ1v) is 15.0. The van der Waals surface area contributed by atoms with E-state index in [9.17, 15) is 4.79 Å². The Morgan fingerprint density at radius 3 is 2.24 bits per heavy atom. The van der Waals surface area contributed by atoms with Crippen LogP contribution in [0.5, 0.6) is 28.7 Å². The lowest BCUT2D eigenvalue weighted by Crippen LogP contribution is -2.59. The highest BCUT2D eigenvalue weighted by Crippen LogP contribution is 2.49. The summed E-state index contributed by atoms with van der Waals surface area (Å²) >= 11 is 0. The van der Waals surface area contributed by atoms with E-state index in [1.54, 1.807) is 35.5 Å². The van der Waals surface area contributed by atoms with Crippen molar-refractivity contribution in [2.24, 2.45) is 0 Å². The van der Waals surface area contributed by atoms with Gasteiger partial charge < -0.3 is 52.1 Å². The summed E-state index contributed by atoms with van der Waals surface area (Å²) in [5, 5.41) is 1.31. The molecule has 248 valence electrons. The largest absolute Gasteiger partial charge is 0.493 e. The highest BCUT2D eigenvalue weighted by molar-refractivity contribution is 6.14. The number of fused-ring (bicyclic) bond motifs is 3. The number of carbonyl (C=O) groups excluding carboxylic acids is 1. The fourth-order valence-corrected chi connectivity index (χ4v) is 6.59. The molecule has 3 aliphatic heterocycles. The van der Waals surface area contributed by atoms with Crippen molar-refractivity contribution in [3.05, 3.63) is 41.5 Å². The molecule has 3 aromatic carbocycles. The Hall–Kier alpha value is -3.65. The minimum absolute atomic E-state index is 0.0522. The van der Waals surface area contributed by atoms with Crippen molar-refractivity contribution in [1.82, 2.24) is 0 Å². The van der Waals surface area contributed by atoms with Crippen molar-refractivity contribution in [1.29, 1.82) is 0 Å². The van der Waals surface area contributed by atoms with Gasteiger partial charge in [-0.2, -0.15) is 0 Å². The highest BCUT2D eigenvalue weighted by atomic mass is 16.8. The second kappa shape index (κ2) is 12.9. The van der Waals surface area contributed by atoms with Crippen LogP contribution >= 0.6 is 0 Å². The lowest BCUT2D eigenvalue weighted by molar-refractivity contribution is -0.261. The molecule has 3 heterocycles. The molecule has 0 radical (unpaired) electrons. The molecule has 12 nitrogen and oxygen atoms in total. The van der Waals surface area contributed by atoms with Crippen molar-refractivity contribution in [3.63, 3.8) is 0 Å². The number of carbonyl (C=O) groups is 1. The Labute approximate surface area is 267 Å². The van der Waals surface area contributed by atoms with Crippen molar-refractivity contribution >= 4 is 16.6 Å². The van der Waals surface area contributed by atoms with Crippen LogP contribution in [0.15, 0.2) is 30.3 Å². The van der Waals surface area contributed by atoms with Crippen LogP contribution < -0.4 is 23.7 Å². The third kappa shape index (κ3) is 5.63. The molecule has 5 atom stereocenters. The first kappa shape index (κ1) is 32.3. The van der Waals surface area contributed by atoms with Crippen LogP contribution in [0.4, 0.5) is 0 Å². The normalized spacial score (nSPS) is 24.6. The second-order valence-corrected chi connectivity index (χ2v) is 11.7. The predicted octanol–water partition coefficient (Wildman–Crippen LogP) is 4.89. The molecule has 2 saturated heterocycles. The third-order valence-electron chi connectivity index (χ3n) is 8.43. The third-order valence-corrected chi connectivity index (χ3v) is 8.43. The van der Waals surface area contributed by atoms with Crippen LogP contribution in [0.1, 0.15) is 36.7 Å². The fourth-order valence-electron chi connectivity index (χ4n) is 6.59. The average molecular weight is 641 g/mol.